The summed E-state index contributed by atoms with van der Waals surface area (Å²) in [6, 6.07) is 15.3. The average Bonchev–Trinajstić information content (AvgIpc) is 3.27. The third-order valence-electron chi connectivity index (χ3n) is 3.49. The fraction of sp³-hybridized carbons (Fsp3) is 0.0588. The first-order chi connectivity index (χ1) is 12.2. The standard InChI is InChI=1S/C17H13ClN6O/c1-11-2-8-14(9-3-11)20-15-10-19-24(23-15)17-22-21-16(25-17)12-4-6-13(18)7-5-12/h2-10H,1H3,(H,20,23). The number of nitrogens with zero attached hydrogens (tertiary/aromatic N) is 5. The zero-order valence-corrected chi connectivity index (χ0v) is 14.0. The van der Waals surface area contributed by atoms with Crippen LogP contribution in [0, 0.1) is 6.92 Å². The number of aryl methyl sites for hydroxylation is 1. The summed E-state index contributed by atoms with van der Waals surface area (Å²) in [5, 5.41) is 20.2. The fourth-order valence-electron chi connectivity index (χ4n) is 2.20. The topological polar surface area (TPSA) is 81.7 Å². The molecule has 0 saturated carbocycles. The summed E-state index contributed by atoms with van der Waals surface area (Å²) in [5.41, 5.74) is 2.88. The molecule has 4 rings (SSSR count). The second-order valence-corrected chi connectivity index (χ2v) is 5.84. The summed E-state index contributed by atoms with van der Waals surface area (Å²) in [4.78, 5) is 1.28. The van der Waals surface area contributed by atoms with E-state index < -0.39 is 0 Å². The summed E-state index contributed by atoms with van der Waals surface area (Å²) in [5.74, 6) is 0.951. The van der Waals surface area contributed by atoms with Crippen LogP contribution >= 0.6 is 11.6 Å². The maximum atomic E-state index is 5.88. The van der Waals surface area contributed by atoms with Crippen molar-refractivity contribution in [1.29, 1.82) is 0 Å². The molecule has 7 nitrogen and oxygen atoms in total. The van der Waals surface area contributed by atoms with Crippen molar-refractivity contribution in [3.05, 3.63) is 65.3 Å². The van der Waals surface area contributed by atoms with Gasteiger partial charge in [0.15, 0.2) is 5.82 Å². The van der Waals surface area contributed by atoms with E-state index >= 15 is 0 Å². The van der Waals surface area contributed by atoms with Gasteiger partial charge in [0.1, 0.15) is 0 Å². The lowest BCUT2D eigenvalue weighted by Gasteiger charge is -2.01. The Bertz CT molecular complexity index is 991. The Morgan fingerprint density at radius 1 is 1.00 bits per heavy atom. The number of nitrogens with one attached hydrogen (secondary N) is 1. The SMILES string of the molecule is Cc1ccc(Nc2cnn(-c3nnc(-c4ccc(Cl)cc4)o3)n2)cc1. The number of rotatable bonds is 4. The Kier molecular flexibility index (Phi) is 3.91. The van der Waals surface area contributed by atoms with Crippen LogP contribution in [0.5, 0.6) is 0 Å². The smallest absolute Gasteiger partial charge is 0.361 e. The number of hydrogen-bond acceptors (Lipinski definition) is 6. The van der Waals surface area contributed by atoms with E-state index in [1.165, 1.54) is 10.4 Å². The van der Waals surface area contributed by atoms with Gasteiger partial charge in [-0.3, -0.25) is 0 Å². The van der Waals surface area contributed by atoms with E-state index in [-0.39, 0.29) is 6.01 Å². The van der Waals surface area contributed by atoms with E-state index in [1.54, 1.807) is 30.5 Å². The Labute approximate surface area is 148 Å². The van der Waals surface area contributed by atoms with Crippen LogP contribution in [0.25, 0.3) is 17.5 Å². The largest absolute Gasteiger partial charge is 0.401 e. The molecule has 0 unspecified atom stereocenters. The third-order valence-corrected chi connectivity index (χ3v) is 3.74. The number of aromatic nitrogens is 5. The molecule has 1 N–H and O–H groups in total. The van der Waals surface area contributed by atoms with Crippen LogP contribution in [0.15, 0.2) is 59.1 Å². The minimum atomic E-state index is 0.182. The zero-order valence-electron chi connectivity index (χ0n) is 13.2. The molecule has 25 heavy (non-hydrogen) atoms. The Hall–Kier alpha value is -3.19. The van der Waals surface area contributed by atoms with Crippen molar-refractivity contribution in [1.82, 2.24) is 25.2 Å². The highest BCUT2D eigenvalue weighted by atomic mass is 35.5. The van der Waals surface area contributed by atoms with Gasteiger partial charge in [0, 0.05) is 16.3 Å². The first kappa shape index (κ1) is 15.3. The molecule has 2 heterocycles. The second-order valence-electron chi connectivity index (χ2n) is 5.41. The molecule has 2 aromatic carbocycles. The van der Waals surface area contributed by atoms with E-state index in [0.29, 0.717) is 16.7 Å². The summed E-state index contributed by atoms with van der Waals surface area (Å²) in [6.45, 7) is 2.04. The molecule has 0 fully saturated rings. The molecule has 0 amide bonds. The Morgan fingerprint density at radius 3 is 2.52 bits per heavy atom. The van der Waals surface area contributed by atoms with Gasteiger partial charge in [0.25, 0.3) is 0 Å². The van der Waals surface area contributed by atoms with E-state index in [4.69, 9.17) is 16.0 Å². The van der Waals surface area contributed by atoms with Crippen molar-refractivity contribution in [3.63, 3.8) is 0 Å². The van der Waals surface area contributed by atoms with Gasteiger partial charge in [0.2, 0.25) is 5.89 Å². The van der Waals surface area contributed by atoms with E-state index in [0.717, 1.165) is 11.3 Å². The van der Waals surface area contributed by atoms with Crippen molar-refractivity contribution in [2.24, 2.45) is 0 Å². The fourth-order valence-corrected chi connectivity index (χ4v) is 2.33. The number of anilines is 2. The van der Waals surface area contributed by atoms with Crippen molar-refractivity contribution in [2.75, 3.05) is 5.32 Å². The number of benzene rings is 2. The molecular weight excluding hydrogens is 340 g/mol. The molecule has 8 heteroatoms. The van der Waals surface area contributed by atoms with Crippen LogP contribution in [0.4, 0.5) is 11.5 Å². The van der Waals surface area contributed by atoms with Gasteiger partial charge in [-0.05, 0) is 43.3 Å². The molecule has 0 aliphatic rings. The Balaban J connectivity index is 1.54. The summed E-state index contributed by atoms with van der Waals surface area (Å²) in [6.07, 6.45) is 1.59. The van der Waals surface area contributed by atoms with Gasteiger partial charge in [-0.15, -0.1) is 10.2 Å². The maximum absolute atomic E-state index is 5.88. The van der Waals surface area contributed by atoms with Crippen molar-refractivity contribution in [2.45, 2.75) is 6.92 Å². The molecule has 0 aliphatic carbocycles. The molecule has 0 atom stereocenters. The monoisotopic (exact) mass is 352 g/mol. The van der Waals surface area contributed by atoms with Crippen molar-refractivity contribution < 1.29 is 4.42 Å². The minimum absolute atomic E-state index is 0.182. The molecule has 2 aromatic heterocycles. The predicted octanol–water partition coefficient (Wildman–Crippen LogP) is 4.02. The first-order valence-electron chi connectivity index (χ1n) is 7.53. The van der Waals surface area contributed by atoms with Crippen molar-refractivity contribution >= 4 is 23.1 Å². The van der Waals surface area contributed by atoms with Gasteiger partial charge < -0.3 is 9.73 Å². The van der Waals surface area contributed by atoms with Gasteiger partial charge >= 0.3 is 6.01 Å². The lowest BCUT2D eigenvalue weighted by Crippen LogP contribution is -2.00. The lowest BCUT2D eigenvalue weighted by molar-refractivity contribution is 0.496. The quantitative estimate of drug-likeness (QED) is 0.597. The van der Waals surface area contributed by atoms with Gasteiger partial charge in [-0.25, -0.2) is 0 Å². The number of hydrogen-bond donors (Lipinski definition) is 1. The van der Waals surface area contributed by atoms with Crippen molar-refractivity contribution in [3.8, 4) is 17.5 Å². The van der Waals surface area contributed by atoms with Crippen LogP contribution in [-0.4, -0.2) is 25.2 Å². The molecule has 0 aliphatic heterocycles. The summed E-state index contributed by atoms with van der Waals surface area (Å²) in [7, 11) is 0. The maximum Gasteiger partial charge on any atom is 0.361 e. The highest BCUT2D eigenvalue weighted by Gasteiger charge is 2.12. The summed E-state index contributed by atoms with van der Waals surface area (Å²) >= 11 is 5.88. The van der Waals surface area contributed by atoms with Crippen LogP contribution in [0.3, 0.4) is 0 Å². The van der Waals surface area contributed by atoms with Gasteiger partial charge in [-0.2, -0.15) is 5.10 Å². The minimum Gasteiger partial charge on any atom is -0.401 e. The highest BCUT2D eigenvalue weighted by molar-refractivity contribution is 6.30. The molecule has 0 spiro atoms. The van der Waals surface area contributed by atoms with Gasteiger partial charge in [0.05, 0.1) is 6.20 Å². The van der Waals surface area contributed by atoms with Crippen LogP contribution < -0.4 is 5.32 Å². The normalized spacial score (nSPS) is 10.8. The third kappa shape index (κ3) is 3.36. The lowest BCUT2D eigenvalue weighted by atomic mass is 10.2. The highest BCUT2D eigenvalue weighted by Crippen LogP contribution is 2.21. The average molecular weight is 353 g/mol. The second kappa shape index (κ2) is 6.37. The molecule has 124 valence electrons. The van der Waals surface area contributed by atoms with E-state index in [2.05, 4.69) is 25.7 Å². The molecule has 0 bridgehead atoms. The zero-order chi connectivity index (χ0) is 17.2. The molecule has 4 aromatic rings. The Morgan fingerprint density at radius 2 is 1.76 bits per heavy atom. The molecule has 0 saturated heterocycles. The van der Waals surface area contributed by atoms with E-state index in [9.17, 15) is 0 Å². The molecule has 0 radical (unpaired) electrons. The van der Waals surface area contributed by atoms with E-state index in [1.807, 2.05) is 31.2 Å². The van der Waals surface area contributed by atoms with Crippen LogP contribution in [0.1, 0.15) is 5.56 Å². The van der Waals surface area contributed by atoms with Crippen LogP contribution in [0.2, 0.25) is 5.02 Å². The summed E-state index contributed by atoms with van der Waals surface area (Å²) < 4.78 is 5.62. The van der Waals surface area contributed by atoms with Gasteiger partial charge in [-0.1, -0.05) is 39.2 Å². The van der Waals surface area contributed by atoms with Crippen LogP contribution in [-0.2, 0) is 0 Å². The predicted molar refractivity (Wildman–Crippen MR) is 94.1 cm³/mol. The number of halogens is 1. The first-order valence-corrected chi connectivity index (χ1v) is 7.91. The molecular formula is C17H13ClN6O.